The van der Waals surface area contributed by atoms with E-state index in [9.17, 15) is 0 Å². The maximum Gasteiger partial charge on any atom is 0.145 e. The van der Waals surface area contributed by atoms with Crippen LogP contribution >= 0.6 is 15.9 Å². The molecule has 10 rings (SSSR count). The third kappa shape index (κ3) is 11.7. The van der Waals surface area contributed by atoms with Gasteiger partial charge in [-0.3, -0.25) is 0 Å². The third-order valence-electron chi connectivity index (χ3n) is 10.6. The summed E-state index contributed by atoms with van der Waals surface area (Å²) in [5.74, 6) is 3.21. The standard InChI is InChI=1S/C26H22N4.C17H11BrN4.C9H11B.2Ir.2H2O/c1-3-20-10-7-9-19(2)24(20)21-11-8-14-23(17-21)30-18-29(22-12-5-4-6-13-22)25-26(30)28-16-15-27-25;18-13-5-4-8-15(11-13)22-12-21(14-6-2-1-3-7-14)16-17(22)20-10-9-19-16;1-3-8-6-4-5-7(2)9(8)10;;;;/h4-13,15-18H,3H2,1-2H3;1-7,9-12H;4-6H,3H2,1-2H3;;;2*1H2/q2*-2;;;;;. The fourth-order valence-corrected chi connectivity index (χ4v) is 7.83. The van der Waals surface area contributed by atoms with Crippen molar-refractivity contribution in [1.29, 1.82) is 0 Å². The fraction of sp³-hybridized carbons (Fsp3) is 0.115. The first-order valence-electron chi connectivity index (χ1n) is 20.5. The number of anilines is 8. The second-order valence-corrected chi connectivity index (χ2v) is 15.5. The van der Waals surface area contributed by atoms with E-state index >= 15 is 0 Å². The van der Waals surface area contributed by atoms with Gasteiger partial charge in [-0.05, 0) is 67.6 Å². The van der Waals surface area contributed by atoms with Crippen molar-refractivity contribution >= 4 is 75.3 Å². The molecule has 0 saturated carbocycles. The van der Waals surface area contributed by atoms with Crippen LogP contribution in [0.3, 0.4) is 0 Å². The van der Waals surface area contributed by atoms with Gasteiger partial charge in [0.25, 0.3) is 0 Å². The second kappa shape index (κ2) is 24.8. The van der Waals surface area contributed by atoms with Crippen LogP contribution in [0.15, 0.2) is 163 Å². The summed E-state index contributed by atoms with van der Waals surface area (Å²) in [7, 11) is 5.79. The van der Waals surface area contributed by atoms with Gasteiger partial charge in [-0.2, -0.15) is 36.4 Å². The maximum absolute atomic E-state index is 5.79. The summed E-state index contributed by atoms with van der Waals surface area (Å²) in [4.78, 5) is 26.3. The summed E-state index contributed by atoms with van der Waals surface area (Å²) < 4.78 is 0.998. The fourth-order valence-electron chi connectivity index (χ4n) is 7.48. The summed E-state index contributed by atoms with van der Waals surface area (Å²) in [6, 6.07) is 51.7. The van der Waals surface area contributed by atoms with Gasteiger partial charge in [0.05, 0.1) is 0 Å². The molecule has 4 heterocycles. The van der Waals surface area contributed by atoms with Gasteiger partial charge < -0.3 is 30.6 Å². The van der Waals surface area contributed by atoms with Gasteiger partial charge in [0.2, 0.25) is 0 Å². The summed E-state index contributed by atoms with van der Waals surface area (Å²) >= 11 is 3.50. The summed E-state index contributed by atoms with van der Waals surface area (Å²) in [6.07, 6.45) is 8.88. The Morgan fingerprint density at radius 1 is 0.530 bits per heavy atom. The molecule has 6 aromatic carbocycles. The third-order valence-corrected chi connectivity index (χ3v) is 11.1. The summed E-state index contributed by atoms with van der Waals surface area (Å²) in [5.41, 5.74) is 12.4. The zero-order valence-electron chi connectivity index (χ0n) is 36.8. The normalized spacial score (nSPS) is 11.8. The molecule has 0 atom stereocenters. The Bertz CT molecular complexity index is 2790. The van der Waals surface area contributed by atoms with Crippen LogP contribution in [0.1, 0.15) is 36.1 Å². The first-order chi connectivity index (χ1) is 30.3. The number of para-hydroxylation sites is 2. The van der Waals surface area contributed by atoms with Crippen LogP contribution in [0.2, 0.25) is 0 Å². The molecule has 2 aromatic heterocycles. The van der Waals surface area contributed by atoms with Crippen LogP contribution in [0, 0.1) is 39.3 Å². The van der Waals surface area contributed by atoms with Crippen molar-refractivity contribution < 1.29 is 51.2 Å². The Kier molecular flexibility index (Phi) is 20.0. The van der Waals surface area contributed by atoms with E-state index in [1.54, 1.807) is 24.8 Å². The van der Waals surface area contributed by atoms with Crippen molar-refractivity contribution in [3.63, 3.8) is 0 Å². The minimum Gasteiger partial charge on any atom is -0.477 e. The average molecular weight is 1290 g/mol. The zero-order valence-corrected chi connectivity index (χ0v) is 43.2. The first kappa shape index (κ1) is 53.1. The van der Waals surface area contributed by atoms with Gasteiger partial charge in [0, 0.05) is 76.4 Å². The number of nitrogens with zero attached hydrogens (tertiary/aromatic N) is 8. The van der Waals surface area contributed by atoms with Gasteiger partial charge in [-0.1, -0.05) is 124 Å². The van der Waals surface area contributed by atoms with E-state index in [1.165, 1.54) is 33.4 Å². The van der Waals surface area contributed by atoms with E-state index in [4.69, 9.17) is 7.85 Å². The largest absolute Gasteiger partial charge is 0.477 e. The Morgan fingerprint density at radius 3 is 1.44 bits per heavy atom. The molecule has 0 spiro atoms. The second-order valence-electron chi connectivity index (χ2n) is 14.6. The van der Waals surface area contributed by atoms with Gasteiger partial charge >= 0.3 is 0 Å². The molecule has 0 fully saturated rings. The van der Waals surface area contributed by atoms with E-state index in [2.05, 4.69) is 127 Å². The van der Waals surface area contributed by atoms with Crippen molar-refractivity contribution in [3.05, 3.63) is 210 Å². The predicted octanol–water partition coefficient (Wildman–Crippen LogP) is 10.4. The molecule has 2 aliphatic rings. The quantitative estimate of drug-likeness (QED) is 0.114. The van der Waals surface area contributed by atoms with Crippen molar-refractivity contribution in [2.75, 3.05) is 19.6 Å². The van der Waals surface area contributed by atoms with E-state index in [0.29, 0.717) is 0 Å². The van der Waals surface area contributed by atoms with Gasteiger partial charge in [0.15, 0.2) is 0 Å². The SMILES string of the molecule is Brc1cc[c-]c(N2[CH-]N(c3ccccc3)c3nccnc32)c1.CCc1cccc(C)c1-c1cc[c-]c(N2[CH-]N(c3ccccc3)c3nccnc32)c1.O.O.[B]c1c(C)cccc1CC.[Ir].[Ir]. The maximum atomic E-state index is 5.79. The van der Waals surface area contributed by atoms with Crippen molar-refractivity contribution in [3.8, 4) is 11.1 Å². The smallest absolute Gasteiger partial charge is 0.145 e. The predicted molar refractivity (Wildman–Crippen MR) is 265 cm³/mol. The molecule has 14 heteroatoms. The van der Waals surface area contributed by atoms with Crippen molar-refractivity contribution in [1.82, 2.24) is 19.9 Å². The van der Waals surface area contributed by atoms with E-state index in [0.717, 1.165) is 68.8 Å². The topological polar surface area (TPSA) is 128 Å². The molecule has 340 valence electrons. The number of hydrogen-bond acceptors (Lipinski definition) is 8. The minimum absolute atomic E-state index is 0. The van der Waals surface area contributed by atoms with Crippen LogP contribution in [0.4, 0.5) is 46.0 Å². The molecule has 0 bridgehead atoms. The number of fused-ring (bicyclic) bond motifs is 2. The molecule has 4 N–H and O–H groups in total. The Balaban J connectivity index is 0.000000233. The van der Waals surface area contributed by atoms with Gasteiger partial charge in [-0.15, -0.1) is 42.4 Å². The summed E-state index contributed by atoms with van der Waals surface area (Å²) in [6.45, 7) is 12.5. The molecule has 10 nitrogen and oxygen atoms in total. The Labute approximate surface area is 425 Å². The molecule has 8 aromatic rings. The first-order valence-corrected chi connectivity index (χ1v) is 21.3. The molecular formula is C52H48BBrIr2N8O2-4. The number of aryl methyl sites for hydroxylation is 4. The van der Waals surface area contributed by atoms with E-state index < -0.39 is 0 Å². The number of benzene rings is 6. The van der Waals surface area contributed by atoms with Crippen LogP contribution in [0.25, 0.3) is 11.1 Å². The Hall–Kier alpha value is -5.56. The van der Waals surface area contributed by atoms with Crippen molar-refractivity contribution in [2.24, 2.45) is 0 Å². The van der Waals surface area contributed by atoms with Crippen LogP contribution in [0.5, 0.6) is 0 Å². The molecule has 66 heavy (non-hydrogen) atoms. The van der Waals surface area contributed by atoms with E-state index in [1.807, 2.05) is 115 Å². The molecule has 2 aliphatic heterocycles. The van der Waals surface area contributed by atoms with Crippen LogP contribution < -0.4 is 25.1 Å². The summed E-state index contributed by atoms with van der Waals surface area (Å²) in [5, 5.41) is 0. The molecule has 4 radical (unpaired) electrons. The van der Waals surface area contributed by atoms with Crippen molar-refractivity contribution in [2.45, 2.75) is 40.5 Å². The zero-order chi connectivity index (χ0) is 43.0. The minimum atomic E-state index is 0. The molecule has 0 amide bonds. The molecule has 0 saturated heterocycles. The Morgan fingerprint density at radius 2 is 0.970 bits per heavy atom. The van der Waals surface area contributed by atoms with E-state index in [-0.39, 0.29) is 51.2 Å². The number of rotatable bonds is 7. The monoisotopic (exact) mass is 1290 g/mol. The molecule has 0 aliphatic carbocycles. The van der Waals surface area contributed by atoms with Gasteiger partial charge in [0.1, 0.15) is 31.1 Å². The van der Waals surface area contributed by atoms with Crippen LogP contribution in [-0.4, -0.2) is 38.7 Å². The van der Waals surface area contributed by atoms with Crippen LogP contribution in [-0.2, 0) is 53.1 Å². The number of halogens is 1. The molecule has 0 unspecified atom stereocenters. The van der Waals surface area contributed by atoms with Gasteiger partial charge in [-0.25, -0.2) is 19.9 Å². The number of aromatic nitrogens is 4. The molecular weight excluding hydrogens is 1240 g/mol. The average Bonchev–Trinajstić information content (AvgIpc) is 3.91. The number of hydrogen-bond donors (Lipinski definition) is 0.